The molecule has 48 heavy (non-hydrogen) atoms. The molecule has 6 heteroatoms. The summed E-state index contributed by atoms with van der Waals surface area (Å²) < 4.78 is 0. The summed E-state index contributed by atoms with van der Waals surface area (Å²) in [5.74, 6) is 0.232. The van der Waals surface area contributed by atoms with Crippen molar-refractivity contribution in [2.75, 3.05) is 9.80 Å². The second kappa shape index (κ2) is 16.0. The van der Waals surface area contributed by atoms with Gasteiger partial charge in [-0.3, -0.25) is 0 Å². The summed E-state index contributed by atoms with van der Waals surface area (Å²) in [6.45, 7) is 5.32. The zero-order valence-corrected chi connectivity index (χ0v) is 29.7. The first-order valence-electron chi connectivity index (χ1n) is 16.0. The Balaban J connectivity index is 1.20. The van der Waals surface area contributed by atoms with Gasteiger partial charge in [0.15, 0.2) is 0 Å². The van der Waals surface area contributed by atoms with Gasteiger partial charge >= 0.3 is 0 Å². The summed E-state index contributed by atoms with van der Waals surface area (Å²) >= 11 is 24.7. The van der Waals surface area contributed by atoms with Crippen molar-refractivity contribution in [3.8, 4) is 0 Å². The Labute approximate surface area is 304 Å². The van der Waals surface area contributed by atoms with Crippen molar-refractivity contribution >= 4 is 57.8 Å². The highest BCUT2D eigenvalue weighted by molar-refractivity contribution is 6.31. The lowest BCUT2D eigenvalue weighted by atomic mass is 9.92. The van der Waals surface area contributed by atoms with E-state index in [-0.39, 0.29) is 5.92 Å². The van der Waals surface area contributed by atoms with Crippen molar-refractivity contribution in [3.63, 3.8) is 0 Å². The van der Waals surface area contributed by atoms with Gasteiger partial charge in [-0.25, -0.2) is 0 Å². The molecular weight excluding hydrogens is 674 g/mol. The first-order chi connectivity index (χ1) is 23.3. The van der Waals surface area contributed by atoms with Crippen LogP contribution < -0.4 is 9.80 Å². The molecule has 242 valence electrons. The Morgan fingerprint density at radius 1 is 0.354 bits per heavy atom. The third kappa shape index (κ3) is 9.15. The molecule has 0 aromatic heterocycles. The fourth-order valence-electron chi connectivity index (χ4n) is 5.86. The first kappa shape index (κ1) is 34.0. The predicted molar refractivity (Wildman–Crippen MR) is 206 cm³/mol. The number of rotatable bonds is 12. The van der Waals surface area contributed by atoms with Crippen LogP contribution in [-0.2, 0) is 26.2 Å². The van der Waals surface area contributed by atoms with Gasteiger partial charge in [0.2, 0.25) is 0 Å². The van der Waals surface area contributed by atoms with E-state index in [4.69, 9.17) is 46.4 Å². The first-order valence-corrected chi connectivity index (χ1v) is 17.5. The maximum atomic E-state index is 6.17. The molecule has 0 heterocycles. The molecule has 0 aliphatic rings. The number of nitrogens with zero attached hydrogens (tertiary/aromatic N) is 2. The van der Waals surface area contributed by atoms with Gasteiger partial charge in [-0.15, -0.1) is 0 Å². The maximum Gasteiger partial charge on any atom is 0.0433 e. The molecule has 6 aromatic rings. The highest BCUT2D eigenvalue weighted by Gasteiger charge is 2.15. The van der Waals surface area contributed by atoms with Crippen molar-refractivity contribution in [2.45, 2.75) is 39.0 Å². The highest BCUT2D eigenvalue weighted by Crippen LogP contribution is 2.30. The third-order valence-corrected chi connectivity index (χ3v) is 9.67. The molecule has 0 fully saturated rings. The molecule has 6 aromatic carbocycles. The smallest absolute Gasteiger partial charge is 0.0433 e. The molecule has 0 saturated carbocycles. The Hall–Kier alpha value is -3.92. The molecule has 0 bridgehead atoms. The average Bonchev–Trinajstić information content (AvgIpc) is 3.11. The van der Waals surface area contributed by atoms with Crippen molar-refractivity contribution in [1.29, 1.82) is 0 Å². The predicted octanol–water partition coefficient (Wildman–Crippen LogP) is 12.9. The Kier molecular flexibility index (Phi) is 11.3. The van der Waals surface area contributed by atoms with Crippen LogP contribution in [0.3, 0.4) is 0 Å². The van der Waals surface area contributed by atoms with E-state index in [0.717, 1.165) is 57.6 Å². The lowest BCUT2D eigenvalue weighted by molar-refractivity contribution is 0.797. The van der Waals surface area contributed by atoms with Crippen LogP contribution >= 0.6 is 46.4 Å². The van der Waals surface area contributed by atoms with Crippen molar-refractivity contribution in [2.24, 2.45) is 0 Å². The molecule has 0 spiro atoms. The van der Waals surface area contributed by atoms with Crippen LogP contribution in [-0.4, -0.2) is 0 Å². The van der Waals surface area contributed by atoms with Crippen LogP contribution in [0.4, 0.5) is 11.4 Å². The summed E-state index contributed by atoms with van der Waals surface area (Å²) in [6.07, 6.45) is 0. The average molecular weight is 711 g/mol. The van der Waals surface area contributed by atoms with Gasteiger partial charge in [0, 0.05) is 63.6 Å². The van der Waals surface area contributed by atoms with Gasteiger partial charge in [-0.05, 0) is 106 Å². The molecule has 0 saturated heterocycles. The number of hydrogen-bond donors (Lipinski definition) is 0. The summed E-state index contributed by atoms with van der Waals surface area (Å²) in [5, 5.41) is 2.96. The van der Waals surface area contributed by atoms with Crippen LogP contribution in [0.1, 0.15) is 46.2 Å². The minimum atomic E-state index is 0.232. The molecule has 0 radical (unpaired) electrons. The number of benzene rings is 6. The second-order valence-electron chi connectivity index (χ2n) is 12.1. The lowest BCUT2D eigenvalue weighted by Gasteiger charge is -2.27. The van der Waals surface area contributed by atoms with Crippen LogP contribution in [0.15, 0.2) is 146 Å². The normalized spacial score (nSPS) is 11.1. The maximum absolute atomic E-state index is 6.17. The van der Waals surface area contributed by atoms with E-state index < -0.39 is 0 Å². The number of anilines is 2. The Morgan fingerprint density at radius 3 is 0.812 bits per heavy atom. The summed E-state index contributed by atoms with van der Waals surface area (Å²) in [7, 11) is 0. The quantitative estimate of drug-likeness (QED) is 0.125. The Morgan fingerprint density at radius 2 is 0.583 bits per heavy atom. The van der Waals surface area contributed by atoms with E-state index in [9.17, 15) is 0 Å². The number of hydrogen-bond acceptors (Lipinski definition) is 2. The van der Waals surface area contributed by atoms with E-state index in [0.29, 0.717) is 0 Å². The largest absolute Gasteiger partial charge is 0.363 e. The molecule has 0 atom stereocenters. The van der Waals surface area contributed by atoms with E-state index in [1.807, 2.05) is 48.5 Å². The molecule has 0 aliphatic carbocycles. The second-order valence-corrected chi connectivity index (χ2v) is 13.9. The van der Waals surface area contributed by atoms with Crippen LogP contribution in [0.25, 0.3) is 0 Å². The van der Waals surface area contributed by atoms with Crippen LogP contribution in [0.2, 0.25) is 20.1 Å². The zero-order chi connectivity index (χ0) is 33.5. The van der Waals surface area contributed by atoms with Gasteiger partial charge in [0.05, 0.1) is 0 Å². The van der Waals surface area contributed by atoms with Crippen molar-refractivity contribution in [3.05, 3.63) is 199 Å². The van der Waals surface area contributed by atoms with Crippen molar-refractivity contribution < 1.29 is 0 Å². The standard InChI is InChI=1S/C42H36Cl4N2/c1-30(35-10-22-41(23-11-35)47(26-31-2-14-37(43)15-3-31)27-32-4-16-38(44)17-5-32)36-12-24-42(25-13-36)48(28-33-6-18-39(45)19-7-33)29-34-8-20-40(46)21-9-34/h2-25,30H,26-29H2,1H3. The molecule has 2 nitrogen and oxygen atoms in total. The monoisotopic (exact) mass is 708 g/mol. The van der Waals surface area contributed by atoms with E-state index in [1.54, 1.807) is 0 Å². The molecule has 6 rings (SSSR count). The van der Waals surface area contributed by atoms with Gasteiger partial charge in [0.1, 0.15) is 0 Å². The van der Waals surface area contributed by atoms with Gasteiger partial charge < -0.3 is 9.80 Å². The fraction of sp³-hybridized carbons (Fsp3) is 0.143. The Bertz CT molecular complexity index is 1650. The minimum Gasteiger partial charge on any atom is -0.363 e. The van der Waals surface area contributed by atoms with Crippen molar-refractivity contribution in [1.82, 2.24) is 0 Å². The van der Waals surface area contributed by atoms with E-state index in [1.165, 1.54) is 33.4 Å². The van der Waals surface area contributed by atoms with Crippen LogP contribution in [0, 0.1) is 0 Å². The minimum absolute atomic E-state index is 0.232. The SMILES string of the molecule is CC(c1ccc(N(Cc2ccc(Cl)cc2)Cc2ccc(Cl)cc2)cc1)c1ccc(N(Cc2ccc(Cl)cc2)Cc2ccc(Cl)cc2)cc1. The molecule has 0 amide bonds. The summed E-state index contributed by atoms with van der Waals surface area (Å²) in [4.78, 5) is 4.76. The molecular formula is C42H36Cl4N2. The van der Waals surface area contributed by atoms with Gasteiger partial charge in [-0.1, -0.05) is 126 Å². The third-order valence-electron chi connectivity index (χ3n) is 8.66. The highest BCUT2D eigenvalue weighted by atomic mass is 35.5. The van der Waals surface area contributed by atoms with Gasteiger partial charge in [0.25, 0.3) is 0 Å². The zero-order valence-electron chi connectivity index (χ0n) is 26.7. The fourth-order valence-corrected chi connectivity index (χ4v) is 6.36. The topological polar surface area (TPSA) is 6.48 Å². The molecule has 0 unspecified atom stereocenters. The van der Waals surface area contributed by atoms with E-state index in [2.05, 4.69) is 114 Å². The lowest BCUT2D eigenvalue weighted by Crippen LogP contribution is -2.22. The summed E-state index contributed by atoms with van der Waals surface area (Å²) in [5.41, 5.74) is 9.66. The summed E-state index contributed by atoms with van der Waals surface area (Å²) in [6, 6.07) is 50.2. The molecule has 0 aliphatic heterocycles. The van der Waals surface area contributed by atoms with Gasteiger partial charge in [-0.2, -0.15) is 0 Å². The van der Waals surface area contributed by atoms with E-state index >= 15 is 0 Å². The number of halogens is 4. The molecule has 0 N–H and O–H groups in total. The van der Waals surface area contributed by atoms with Crippen LogP contribution in [0.5, 0.6) is 0 Å².